The quantitative estimate of drug-likeness (QED) is 0.332. The van der Waals surface area contributed by atoms with Crippen LogP contribution in [0, 0.1) is 16.0 Å². The van der Waals surface area contributed by atoms with Gasteiger partial charge in [-0.25, -0.2) is 4.90 Å². The van der Waals surface area contributed by atoms with Gasteiger partial charge in [-0.05, 0) is 32.4 Å². The minimum absolute atomic E-state index is 0.0149. The van der Waals surface area contributed by atoms with Crippen LogP contribution in [-0.2, 0) is 19.1 Å². The van der Waals surface area contributed by atoms with Gasteiger partial charge in [0.1, 0.15) is 5.69 Å². The monoisotopic (exact) mass is 375 g/mol. The number of hydrogen-bond acceptors (Lipinski definition) is 7. The van der Waals surface area contributed by atoms with Gasteiger partial charge in [0.05, 0.1) is 29.9 Å². The lowest BCUT2D eigenvalue weighted by Crippen LogP contribution is -2.48. The molecule has 0 aromatic heterocycles. The molecule has 0 bridgehead atoms. The lowest BCUT2D eigenvalue weighted by molar-refractivity contribution is -0.384. The summed E-state index contributed by atoms with van der Waals surface area (Å²) in [6.07, 6.45) is 1.34. The van der Waals surface area contributed by atoms with Gasteiger partial charge in [-0.3, -0.25) is 29.4 Å². The molecule has 0 aliphatic carbocycles. The average Bonchev–Trinajstić information content (AvgIpc) is 2.96. The molecule has 3 rings (SSSR count). The van der Waals surface area contributed by atoms with Gasteiger partial charge in [-0.2, -0.15) is 0 Å². The molecule has 0 saturated carbocycles. The van der Waals surface area contributed by atoms with E-state index in [0.717, 1.165) is 4.90 Å². The number of nitro groups is 1. The van der Waals surface area contributed by atoms with Gasteiger partial charge in [0.15, 0.2) is 0 Å². The molecule has 2 heterocycles. The van der Waals surface area contributed by atoms with E-state index in [1.807, 2.05) is 4.90 Å². The Morgan fingerprint density at radius 2 is 2.07 bits per heavy atom. The number of esters is 1. The number of ether oxygens (including phenoxy) is 1. The molecule has 2 aliphatic heterocycles. The summed E-state index contributed by atoms with van der Waals surface area (Å²) in [4.78, 5) is 50.8. The number of benzene rings is 1. The van der Waals surface area contributed by atoms with Crippen LogP contribution in [0.1, 0.15) is 26.2 Å². The predicted molar refractivity (Wildman–Crippen MR) is 94.9 cm³/mol. The molecule has 1 aromatic carbocycles. The maximum Gasteiger partial charge on any atom is 0.310 e. The van der Waals surface area contributed by atoms with Crippen LogP contribution in [0.25, 0.3) is 0 Å². The predicted octanol–water partition coefficient (Wildman–Crippen LogP) is 1.50. The van der Waals surface area contributed by atoms with Crippen molar-refractivity contribution in [1.29, 1.82) is 0 Å². The molecule has 2 saturated heterocycles. The van der Waals surface area contributed by atoms with Crippen LogP contribution < -0.4 is 4.90 Å². The molecule has 27 heavy (non-hydrogen) atoms. The highest BCUT2D eigenvalue weighted by atomic mass is 16.6. The number of hydrogen-bond donors (Lipinski definition) is 0. The van der Waals surface area contributed by atoms with E-state index in [0.29, 0.717) is 32.5 Å². The normalized spacial score (nSPS) is 23.5. The van der Waals surface area contributed by atoms with Gasteiger partial charge in [0.25, 0.3) is 11.6 Å². The number of likely N-dealkylation sites (tertiary alicyclic amines) is 1. The second kappa shape index (κ2) is 7.83. The van der Waals surface area contributed by atoms with Gasteiger partial charge in [0.2, 0.25) is 5.91 Å². The summed E-state index contributed by atoms with van der Waals surface area (Å²) >= 11 is 0. The number of rotatable bonds is 5. The number of anilines is 1. The van der Waals surface area contributed by atoms with E-state index in [9.17, 15) is 24.5 Å². The van der Waals surface area contributed by atoms with Gasteiger partial charge >= 0.3 is 5.97 Å². The summed E-state index contributed by atoms with van der Waals surface area (Å²) in [6.45, 7) is 2.96. The summed E-state index contributed by atoms with van der Waals surface area (Å²) in [6, 6.07) is 4.98. The highest BCUT2D eigenvalue weighted by Gasteiger charge is 2.46. The minimum atomic E-state index is -0.713. The van der Waals surface area contributed by atoms with Gasteiger partial charge in [-0.1, -0.05) is 12.1 Å². The summed E-state index contributed by atoms with van der Waals surface area (Å²) in [5.41, 5.74) is -0.304. The van der Waals surface area contributed by atoms with Crippen LogP contribution in [0.4, 0.5) is 11.4 Å². The van der Waals surface area contributed by atoms with Crippen LogP contribution in [0.3, 0.4) is 0 Å². The van der Waals surface area contributed by atoms with Crippen LogP contribution in [0.2, 0.25) is 0 Å². The summed E-state index contributed by atoms with van der Waals surface area (Å²) in [7, 11) is 0. The lowest BCUT2D eigenvalue weighted by Gasteiger charge is -2.34. The third kappa shape index (κ3) is 3.68. The van der Waals surface area contributed by atoms with E-state index < -0.39 is 22.8 Å². The first-order valence-electron chi connectivity index (χ1n) is 8.95. The van der Waals surface area contributed by atoms with Crippen LogP contribution in [-0.4, -0.2) is 53.3 Å². The Kier molecular flexibility index (Phi) is 5.50. The van der Waals surface area contributed by atoms with E-state index in [1.165, 1.54) is 18.2 Å². The second-order valence-corrected chi connectivity index (χ2v) is 6.62. The number of amides is 2. The topological polar surface area (TPSA) is 110 Å². The Morgan fingerprint density at radius 1 is 1.33 bits per heavy atom. The van der Waals surface area contributed by atoms with Crippen molar-refractivity contribution in [2.45, 2.75) is 32.2 Å². The summed E-state index contributed by atoms with van der Waals surface area (Å²) in [5.74, 6) is -1.59. The zero-order valence-corrected chi connectivity index (χ0v) is 15.0. The SMILES string of the molecule is CCOC(=O)[C@@H]1CCCN([C@@H]2CC(=O)N(c3ccccc3[N+](=O)[O-])C2=O)C1. The highest BCUT2D eigenvalue weighted by Crippen LogP contribution is 2.34. The molecule has 0 unspecified atom stereocenters. The highest BCUT2D eigenvalue weighted by molar-refractivity contribution is 6.23. The van der Waals surface area contributed by atoms with Crippen LogP contribution in [0.5, 0.6) is 0 Å². The molecule has 2 fully saturated rings. The molecule has 0 spiro atoms. The van der Waals surface area contributed by atoms with Crippen molar-refractivity contribution >= 4 is 29.2 Å². The number of piperidine rings is 1. The van der Waals surface area contributed by atoms with E-state index in [2.05, 4.69) is 0 Å². The van der Waals surface area contributed by atoms with Crippen LogP contribution >= 0.6 is 0 Å². The van der Waals surface area contributed by atoms with Crippen molar-refractivity contribution in [2.75, 3.05) is 24.6 Å². The zero-order chi connectivity index (χ0) is 19.6. The first kappa shape index (κ1) is 19.0. The first-order chi connectivity index (χ1) is 12.9. The number of nitrogens with zero attached hydrogens (tertiary/aromatic N) is 3. The molecular formula is C18H21N3O6. The molecule has 9 heteroatoms. The average molecular weight is 375 g/mol. The van der Waals surface area contributed by atoms with Crippen molar-refractivity contribution < 1.29 is 24.0 Å². The van der Waals surface area contributed by atoms with E-state index in [1.54, 1.807) is 13.0 Å². The minimum Gasteiger partial charge on any atom is -0.466 e. The zero-order valence-electron chi connectivity index (χ0n) is 15.0. The van der Waals surface area contributed by atoms with Crippen molar-refractivity contribution in [3.8, 4) is 0 Å². The van der Waals surface area contributed by atoms with E-state index >= 15 is 0 Å². The van der Waals surface area contributed by atoms with E-state index in [4.69, 9.17) is 4.74 Å². The second-order valence-electron chi connectivity index (χ2n) is 6.62. The largest absolute Gasteiger partial charge is 0.466 e. The van der Waals surface area contributed by atoms with Crippen molar-refractivity contribution in [3.05, 3.63) is 34.4 Å². The molecule has 2 amide bonds. The Bertz CT molecular complexity index is 780. The van der Waals surface area contributed by atoms with Crippen molar-refractivity contribution in [1.82, 2.24) is 4.90 Å². The molecule has 9 nitrogen and oxygen atoms in total. The Morgan fingerprint density at radius 3 is 2.78 bits per heavy atom. The summed E-state index contributed by atoms with van der Waals surface area (Å²) in [5, 5.41) is 11.2. The molecular weight excluding hydrogens is 354 g/mol. The number of imide groups is 1. The Balaban J connectivity index is 1.80. The van der Waals surface area contributed by atoms with Gasteiger partial charge < -0.3 is 4.74 Å². The molecule has 2 aliphatic rings. The smallest absolute Gasteiger partial charge is 0.310 e. The maximum absolute atomic E-state index is 12.9. The Labute approximate surface area is 156 Å². The third-order valence-corrected chi connectivity index (χ3v) is 4.96. The molecule has 144 valence electrons. The lowest BCUT2D eigenvalue weighted by atomic mass is 9.96. The number of carbonyl (C=O) groups excluding carboxylic acids is 3. The summed E-state index contributed by atoms with van der Waals surface area (Å²) < 4.78 is 5.07. The molecule has 0 N–H and O–H groups in total. The number of carbonyl (C=O) groups is 3. The molecule has 1 aromatic rings. The van der Waals surface area contributed by atoms with Crippen LogP contribution in [0.15, 0.2) is 24.3 Å². The van der Waals surface area contributed by atoms with Gasteiger partial charge in [-0.15, -0.1) is 0 Å². The molecule has 0 radical (unpaired) electrons. The van der Waals surface area contributed by atoms with Gasteiger partial charge in [0, 0.05) is 12.6 Å². The van der Waals surface area contributed by atoms with Crippen molar-refractivity contribution in [2.24, 2.45) is 5.92 Å². The third-order valence-electron chi connectivity index (χ3n) is 4.96. The fourth-order valence-corrected chi connectivity index (χ4v) is 3.70. The maximum atomic E-state index is 12.9. The number of para-hydroxylation sites is 2. The Hall–Kier alpha value is -2.81. The molecule has 2 atom stereocenters. The fourth-order valence-electron chi connectivity index (χ4n) is 3.70. The van der Waals surface area contributed by atoms with Crippen molar-refractivity contribution in [3.63, 3.8) is 0 Å². The number of nitro benzene ring substituents is 1. The first-order valence-corrected chi connectivity index (χ1v) is 8.95. The van der Waals surface area contributed by atoms with E-state index in [-0.39, 0.29) is 29.7 Å². The fraction of sp³-hybridized carbons (Fsp3) is 0.500. The standard InChI is InChI=1S/C18H21N3O6/c1-2-27-18(24)12-6-5-9-19(11-12)15-10-16(22)20(17(15)23)13-7-3-4-8-14(13)21(25)26/h3-4,7-8,12,15H,2,5-6,9-11H2,1H3/t12-,15-/m1/s1.